The second-order valence-electron chi connectivity index (χ2n) is 5.29. The zero-order valence-corrected chi connectivity index (χ0v) is 13.3. The molecule has 1 unspecified atom stereocenters. The minimum atomic E-state index is -0.507. The molecule has 0 aromatic heterocycles. The lowest BCUT2D eigenvalue weighted by atomic mass is 9.86. The van der Waals surface area contributed by atoms with Crippen LogP contribution in [0.2, 0.25) is 5.02 Å². The van der Waals surface area contributed by atoms with Gasteiger partial charge in [-0.1, -0.05) is 29.8 Å². The van der Waals surface area contributed by atoms with Gasteiger partial charge >= 0.3 is 0 Å². The topological polar surface area (TPSA) is 44.5 Å². The van der Waals surface area contributed by atoms with Crippen LogP contribution in [0.5, 0.6) is 11.5 Å². The van der Waals surface area contributed by atoms with E-state index in [0.29, 0.717) is 17.2 Å². The SMILES string of the molecule is COc1ccc(CC(C)(N)c2ccc(Cl)c(OC)c2)cc1. The van der Waals surface area contributed by atoms with Crippen LogP contribution in [0.15, 0.2) is 42.5 Å². The average molecular weight is 306 g/mol. The number of rotatable bonds is 5. The van der Waals surface area contributed by atoms with E-state index in [9.17, 15) is 0 Å². The molecular formula is C17H20ClNO2. The molecule has 4 heteroatoms. The first-order valence-electron chi connectivity index (χ1n) is 6.72. The number of benzene rings is 2. The summed E-state index contributed by atoms with van der Waals surface area (Å²) in [5, 5.41) is 0.585. The summed E-state index contributed by atoms with van der Waals surface area (Å²) in [5.41, 5.74) is 8.11. The van der Waals surface area contributed by atoms with Crippen LogP contribution in [-0.2, 0) is 12.0 Å². The fourth-order valence-electron chi connectivity index (χ4n) is 2.28. The van der Waals surface area contributed by atoms with Gasteiger partial charge in [-0.15, -0.1) is 0 Å². The lowest BCUT2D eigenvalue weighted by Crippen LogP contribution is -2.35. The first-order chi connectivity index (χ1) is 9.96. The lowest BCUT2D eigenvalue weighted by molar-refractivity contribution is 0.410. The highest BCUT2D eigenvalue weighted by molar-refractivity contribution is 6.32. The van der Waals surface area contributed by atoms with Crippen molar-refractivity contribution in [1.29, 1.82) is 0 Å². The van der Waals surface area contributed by atoms with Gasteiger partial charge in [0.2, 0.25) is 0 Å². The number of nitrogens with two attached hydrogens (primary N) is 1. The zero-order valence-electron chi connectivity index (χ0n) is 12.5. The monoisotopic (exact) mass is 305 g/mol. The highest BCUT2D eigenvalue weighted by Gasteiger charge is 2.23. The van der Waals surface area contributed by atoms with Crippen molar-refractivity contribution >= 4 is 11.6 Å². The molecule has 3 nitrogen and oxygen atoms in total. The van der Waals surface area contributed by atoms with Crippen LogP contribution < -0.4 is 15.2 Å². The summed E-state index contributed by atoms with van der Waals surface area (Å²) in [4.78, 5) is 0. The van der Waals surface area contributed by atoms with Crippen molar-refractivity contribution in [2.45, 2.75) is 18.9 Å². The molecule has 0 aliphatic heterocycles. The third-order valence-electron chi connectivity index (χ3n) is 3.54. The molecular weight excluding hydrogens is 286 g/mol. The molecule has 0 radical (unpaired) electrons. The van der Waals surface area contributed by atoms with E-state index in [1.54, 1.807) is 14.2 Å². The van der Waals surface area contributed by atoms with Gasteiger partial charge in [-0.05, 0) is 48.7 Å². The number of hydrogen-bond acceptors (Lipinski definition) is 3. The molecule has 0 spiro atoms. The summed E-state index contributed by atoms with van der Waals surface area (Å²) >= 11 is 6.06. The van der Waals surface area contributed by atoms with Crippen LogP contribution in [0.25, 0.3) is 0 Å². The van der Waals surface area contributed by atoms with Crippen LogP contribution >= 0.6 is 11.6 Å². The Labute approximate surface area is 130 Å². The van der Waals surface area contributed by atoms with Gasteiger partial charge in [0, 0.05) is 5.54 Å². The van der Waals surface area contributed by atoms with Crippen molar-refractivity contribution in [1.82, 2.24) is 0 Å². The Kier molecular flexibility index (Phi) is 4.76. The fourth-order valence-corrected chi connectivity index (χ4v) is 2.48. The Hall–Kier alpha value is -1.71. The minimum Gasteiger partial charge on any atom is -0.497 e. The van der Waals surface area contributed by atoms with Gasteiger partial charge in [0.15, 0.2) is 0 Å². The fraction of sp³-hybridized carbons (Fsp3) is 0.294. The first kappa shape index (κ1) is 15.7. The Balaban J connectivity index is 2.24. The molecule has 0 saturated heterocycles. The van der Waals surface area contributed by atoms with E-state index in [1.165, 1.54) is 0 Å². The number of ether oxygens (including phenoxy) is 2. The molecule has 0 aliphatic carbocycles. The predicted octanol–water partition coefficient (Wildman–Crippen LogP) is 3.77. The standard InChI is InChI=1S/C17H20ClNO2/c1-17(19,11-12-4-7-14(20-2)8-5-12)13-6-9-15(18)16(10-13)21-3/h4-10H,11,19H2,1-3H3. The van der Waals surface area contributed by atoms with E-state index in [1.807, 2.05) is 49.4 Å². The van der Waals surface area contributed by atoms with Gasteiger partial charge in [-0.25, -0.2) is 0 Å². The average Bonchev–Trinajstić information content (AvgIpc) is 2.48. The molecule has 0 heterocycles. The molecule has 0 saturated carbocycles. The van der Waals surface area contributed by atoms with Crippen molar-refractivity contribution in [2.24, 2.45) is 5.73 Å². The van der Waals surface area contributed by atoms with E-state index >= 15 is 0 Å². The maximum Gasteiger partial charge on any atom is 0.137 e. The quantitative estimate of drug-likeness (QED) is 0.914. The second-order valence-corrected chi connectivity index (χ2v) is 5.70. The molecule has 21 heavy (non-hydrogen) atoms. The van der Waals surface area contributed by atoms with Crippen LogP contribution in [0.3, 0.4) is 0 Å². The maximum absolute atomic E-state index is 6.48. The summed E-state index contributed by atoms with van der Waals surface area (Å²) in [6.45, 7) is 2.00. The summed E-state index contributed by atoms with van der Waals surface area (Å²) in [6, 6.07) is 13.6. The zero-order chi connectivity index (χ0) is 15.5. The summed E-state index contributed by atoms with van der Waals surface area (Å²) < 4.78 is 10.4. The van der Waals surface area contributed by atoms with E-state index in [2.05, 4.69) is 0 Å². The smallest absolute Gasteiger partial charge is 0.137 e. The lowest BCUT2D eigenvalue weighted by Gasteiger charge is -2.26. The number of halogens is 1. The van der Waals surface area contributed by atoms with Crippen LogP contribution in [0, 0.1) is 0 Å². The molecule has 2 aromatic rings. The van der Waals surface area contributed by atoms with Gasteiger partial charge in [-0.3, -0.25) is 0 Å². The number of hydrogen-bond donors (Lipinski definition) is 1. The van der Waals surface area contributed by atoms with Gasteiger partial charge in [0.1, 0.15) is 11.5 Å². The van der Waals surface area contributed by atoms with Gasteiger partial charge in [0.05, 0.1) is 19.2 Å². The number of methoxy groups -OCH3 is 2. The third kappa shape index (κ3) is 3.69. The van der Waals surface area contributed by atoms with Crippen molar-refractivity contribution in [3.05, 3.63) is 58.6 Å². The molecule has 2 aromatic carbocycles. The van der Waals surface area contributed by atoms with E-state index in [-0.39, 0.29) is 0 Å². The molecule has 2 rings (SSSR count). The van der Waals surface area contributed by atoms with Crippen LogP contribution in [-0.4, -0.2) is 14.2 Å². The van der Waals surface area contributed by atoms with Crippen molar-refractivity contribution in [3.8, 4) is 11.5 Å². The molecule has 0 fully saturated rings. The van der Waals surface area contributed by atoms with E-state index in [0.717, 1.165) is 16.9 Å². The Bertz CT molecular complexity index is 609. The van der Waals surface area contributed by atoms with Crippen molar-refractivity contribution in [2.75, 3.05) is 14.2 Å². The van der Waals surface area contributed by atoms with Crippen molar-refractivity contribution in [3.63, 3.8) is 0 Å². The predicted molar refractivity (Wildman–Crippen MR) is 86.2 cm³/mol. The van der Waals surface area contributed by atoms with Crippen LogP contribution in [0.4, 0.5) is 0 Å². The molecule has 2 N–H and O–H groups in total. The van der Waals surface area contributed by atoms with Gasteiger partial charge in [-0.2, -0.15) is 0 Å². The molecule has 1 atom stereocenters. The summed E-state index contributed by atoms with van der Waals surface area (Å²) in [5.74, 6) is 1.48. The maximum atomic E-state index is 6.48. The van der Waals surface area contributed by atoms with E-state index < -0.39 is 5.54 Å². The normalized spacial score (nSPS) is 13.6. The van der Waals surface area contributed by atoms with Gasteiger partial charge < -0.3 is 15.2 Å². The summed E-state index contributed by atoms with van der Waals surface area (Å²) in [6.07, 6.45) is 0.710. The highest BCUT2D eigenvalue weighted by Crippen LogP contribution is 2.31. The summed E-state index contributed by atoms with van der Waals surface area (Å²) in [7, 11) is 3.25. The Morgan fingerprint density at radius 3 is 2.29 bits per heavy atom. The first-order valence-corrected chi connectivity index (χ1v) is 7.10. The Morgan fingerprint density at radius 2 is 1.71 bits per heavy atom. The van der Waals surface area contributed by atoms with E-state index in [4.69, 9.17) is 26.8 Å². The highest BCUT2D eigenvalue weighted by atomic mass is 35.5. The molecule has 0 amide bonds. The molecule has 112 valence electrons. The van der Waals surface area contributed by atoms with Crippen LogP contribution in [0.1, 0.15) is 18.1 Å². The molecule has 0 bridgehead atoms. The third-order valence-corrected chi connectivity index (χ3v) is 3.85. The van der Waals surface area contributed by atoms with Crippen molar-refractivity contribution < 1.29 is 9.47 Å². The minimum absolute atomic E-state index is 0.507. The second kappa shape index (κ2) is 6.37. The Morgan fingerprint density at radius 1 is 1.05 bits per heavy atom. The largest absolute Gasteiger partial charge is 0.497 e. The molecule has 0 aliphatic rings. The van der Waals surface area contributed by atoms with Gasteiger partial charge in [0.25, 0.3) is 0 Å².